The normalized spacial score (nSPS) is 35.5. The Kier molecular flexibility index (Phi) is 4.08. The van der Waals surface area contributed by atoms with Gasteiger partial charge >= 0.3 is 0 Å². The third-order valence-electron chi connectivity index (χ3n) is 4.51. The van der Waals surface area contributed by atoms with Crippen molar-refractivity contribution in [3.8, 4) is 0 Å². The van der Waals surface area contributed by atoms with E-state index in [4.69, 9.17) is 0 Å². The highest BCUT2D eigenvalue weighted by Gasteiger charge is 2.33. The number of piperidine rings is 1. The van der Waals surface area contributed by atoms with E-state index in [0.717, 1.165) is 44.7 Å². The maximum absolute atomic E-state index is 12.2. The van der Waals surface area contributed by atoms with Crippen molar-refractivity contribution in [3.63, 3.8) is 0 Å². The molecule has 1 heterocycles. The first-order chi connectivity index (χ1) is 8.09. The van der Waals surface area contributed by atoms with E-state index in [1.165, 1.54) is 12.8 Å². The van der Waals surface area contributed by atoms with Crippen LogP contribution in [0.15, 0.2) is 0 Å². The topological polar surface area (TPSA) is 41.1 Å². The van der Waals surface area contributed by atoms with Crippen LogP contribution in [-0.2, 0) is 4.79 Å². The van der Waals surface area contributed by atoms with E-state index < -0.39 is 0 Å². The summed E-state index contributed by atoms with van der Waals surface area (Å²) in [7, 11) is 0. The van der Waals surface area contributed by atoms with Gasteiger partial charge in [-0.25, -0.2) is 0 Å². The van der Waals surface area contributed by atoms with E-state index in [9.17, 15) is 4.79 Å². The van der Waals surface area contributed by atoms with Gasteiger partial charge in [-0.2, -0.15) is 0 Å². The Morgan fingerprint density at radius 2 is 1.76 bits per heavy atom. The number of rotatable bonds is 2. The molecule has 1 saturated heterocycles. The Balaban J connectivity index is 1.84. The number of carbonyl (C=O) groups is 1. The summed E-state index contributed by atoms with van der Waals surface area (Å²) in [6.07, 6.45) is 6.79. The molecule has 2 N–H and O–H groups in total. The Morgan fingerprint density at radius 1 is 1.18 bits per heavy atom. The van der Waals surface area contributed by atoms with Crippen LogP contribution >= 0.6 is 0 Å². The van der Waals surface area contributed by atoms with Crippen molar-refractivity contribution in [1.82, 2.24) is 10.6 Å². The molecule has 0 spiro atoms. The van der Waals surface area contributed by atoms with Gasteiger partial charge in [-0.15, -0.1) is 0 Å². The second kappa shape index (κ2) is 5.38. The number of amides is 1. The van der Waals surface area contributed by atoms with E-state index in [1.807, 2.05) is 0 Å². The molecule has 3 nitrogen and oxygen atoms in total. The Morgan fingerprint density at radius 3 is 2.35 bits per heavy atom. The lowest BCUT2D eigenvalue weighted by Crippen LogP contribution is -2.51. The lowest BCUT2D eigenvalue weighted by Gasteiger charge is -2.38. The number of nitrogens with one attached hydrogen (secondary N) is 2. The molecule has 0 bridgehead atoms. The minimum absolute atomic E-state index is 0.0640. The fourth-order valence-electron chi connectivity index (χ4n) is 3.01. The molecule has 2 rings (SSSR count). The lowest BCUT2D eigenvalue weighted by molar-refractivity contribution is -0.128. The minimum atomic E-state index is 0.0640. The molecule has 0 aromatic carbocycles. The van der Waals surface area contributed by atoms with Crippen LogP contribution in [0.1, 0.15) is 52.4 Å². The van der Waals surface area contributed by atoms with E-state index in [2.05, 4.69) is 24.5 Å². The van der Waals surface area contributed by atoms with E-state index in [0.29, 0.717) is 5.91 Å². The molecular formula is C14H26N2O. The van der Waals surface area contributed by atoms with Crippen LogP contribution in [0.3, 0.4) is 0 Å². The van der Waals surface area contributed by atoms with Crippen molar-refractivity contribution in [1.29, 1.82) is 0 Å². The van der Waals surface area contributed by atoms with Crippen LogP contribution in [0.5, 0.6) is 0 Å². The predicted molar refractivity (Wildman–Crippen MR) is 69.8 cm³/mol. The van der Waals surface area contributed by atoms with Gasteiger partial charge in [-0.05, 0) is 64.5 Å². The molecule has 1 aliphatic heterocycles. The van der Waals surface area contributed by atoms with Crippen LogP contribution < -0.4 is 10.6 Å². The average molecular weight is 238 g/mol. The van der Waals surface area contributed by atoms with Crippen molar-refractivity contribution >= 4 is 5.91 Å². The Hall–Kier alpha value is -0.570. The van der Waals surface area contributed by atoms with Crippen molar-refractivity contribution in [2.75, 3.05) is 13.1 Å². The van der Waals surface area contributed by atoms with Gasteiger partial charge in [0.15, 0.2) is 0 Å². The van der Waals surface area contributed by atoms with E-state index in [1.54, 1.807) is 0 Å². The highest BCUT2D eigenvalue weighted by Crippen LogP contribution is 2.31. The smallest absolute Gasteiger partial charge is 0.223 e. The maximum Gasteiger partial charge on any atom is 0.223 e. The zero-order valence-electron chi connectivity index (χ0n) is 11.2. The second-order valence-corrected chi connectivity index (χ2v) is 6.26. The standard InChI is InChI=1S/C14H26N2O/c1-11-3-7-14(2,8-4-11)16-13(17)12-5-9-15-10-6-12/h11-12,15H,3-10H2,1-2H3,(H,16,17). The highest BCUT2D eigenvalue weighted by atomic mass is 16.2. The highest BCUT2D eigenvalue weighted by molar-refractivity contribution is 5.79. The maximum atomic E-state index is 12.2. The summed E-state index contributed by atoms with van der Waals surface area (Å²) >= 11 is 0. The summed E-state index contributed by atoms with van der Waals surface area (Å²) in [5, 5.41) is 6.63. The number of hydrogen-bond acceptors (Lipinski definition) is 2. The van der Waals surface area contributed by atoms with Crippen LogP contribution in [0.25, 0.3) is 0 Å². The van der Waals surface area contributed by atoms with Crippen LogP contribution in [-0.4, -0.2) is 24.5 Å². The van der Waals surface area contributed by atoms with Gasteiger partial charge in [0.05, 0.1) is 0 Å². The molecule has 2 aliphatic rings. The van der Waals surface area contributed by atoms with Gasteiger partial charge in [0.1, 0.15) is 0 Å². The summed E-state index contributed by atoms with van der Waals surface area (Å²) in [4.78, 5) is 12.2. The quantitative estimate of drug-likeness (QED) is 0.773. The molecule has 0 atom stereocenters. The van der Waals surface area contributed by atoms with Crippen LogP contribution in [0.4, 0.5) is 0 Å². The monoisotopic (exact) mass is 238 g/mol. The third-order valence-corrected chi connectivity index (χ3v) is 4.51. The molecule has 98 valence electrons. The number of hydrogen-bond donors (Lipinski definition) is 2. The van der Waals surface area contributed by atoms with Crippen molar-refractivity contribution in [2.45, 2.75) is 57.9 Å². The van der Waals surface area contributed by atoms with E-state index >= 15 is 0 Å². The van der Waals surface area contributed by atoms with Gasteiger partial charge < -0.3 is 10.6 Å². The second-order valence-electron chi connectivity index (χ2n) is 6.26. The molecule has 0 radical (unpaired) electrons. The zero-order chi connectivity index (χ0) is 12.3. The summed E-state index contributed by atoms with van der Waals surface area (Å²) in [5.41, 5.74) is 0.0640. The molecule has 1 saturated carbocycles. The third kappa shape index (κ3) is 3.44. The lowest BCUT2D eigenvalue weighted by atomic mass is 9.78. The van der Waals surface area contributed by atoms with Gasteiger partial charge in [0.2, 0.25) is 5.91 Å². The van der Waals surface area contributed by atoms with E-state index in [-0.39, 0.29) is 11.5 Å². The fourth-order valence-corrected chi connectivity index (χ4v) is 3.01. The molecule has 3 heteroatoms. The summed E-state index contributed by atoms with van der Waals surface area (Å²) in [5.74, 6) is 1.37. The van der Waals surface area contributed by atoms with Crippen LogP contribution in [0.2, 0.25) is 0 Å². The van der Waals surface area contributed by atoms with Crippen molar-refractivity contribution < 1.29 is 4.79 Å². The summed E-state index contributed by atoms with van der Waals surface area (Å²) < 4.78 is 0. The van der Waals surface area contributed by atoms with Gasteiger partial charge in [0.25, 0.3) is 0 Å². The van der Waals surface area contributed by atoms with Gasteiger partial charge in [0, 0.05) is 11.5 Å². The molecule has 1 aliphatic carbocycles. The first kappa shape index (κ1) is 12.9. The molecular weight excluding hydrogens is 212 g/mol. The van der Waals surface area contributed by atoms with Crippen molar-refractivity contribution in [2.24, 2.45) is 11.8 Å². The summed E-state index contributed by atoms with van der Waals surface area (Å²) in [6, 6.07) is 0. The minimum Gasteiger partial charge on any atom is -0.351 e. The SMILES string of the molecule is CC1CCC(C)(NC(=O)C2CCNCC2)CC1. The molecule has 1 amide bonds. The largest absolute Gasteiger partial charge is 0.351 e. The fraction of sp³-hybridized carbons (Fsp3) is 0.929. The molecule has 2 fully saturated rings. The predicted octanol–water partition coefficient (Wildman–Crippen LogP) is 2.07. The first-order valence-corrected chi connectivity index (χ1v) is 7.12. The molecule has 0 aromatic heterocycles. The zero-order valence-corrected chi connectivity index (χ0v) is 11.2. The Bertz CT molecular complexity index is 263. The van der Waals surface area contributed by atoms with Crippen LogP contribution in [0, 0.1) is 11.8 Å². The molecule has 0 aromatic rings. The molecule has 0 unspecified atom stereocenters. The number of carbonyl (C=O) groups excluding carboxylic acids is 1. The average Bonchev–Trinajstić information content (AvgIpc) is 2.34. The van der Waals surface area contributed by atoms with Gasteiger partial charge in [-0.1, -0.05) is 6.92 Å². The van der Waals surface area contributed by atoms with Crippen molar-refractivity contribution in [3.05, 3.63) is 0 Å². The Labute approximate surface area is 105 Å². The van der Waals surface area contributed by atoms with Gasteiger partial charge in [-0.3, -0.25) is 4.79 Å². The molecule has 17 heavy (non-hydrogen) atoms. The summed E-state index contributed by atoms with van der Waals surface area (Å²) in [6.45, 7) is 6.52. The first-order valence-electron chi connectivity index (χ1n) is 7.12.